The molecule has 0 amide bonds. The summed E-state index contributed by atoms with van der Waals surface area (Å²) in [5.74, 6) is 5.30. The lowest BCUT2D eigenvalue weighted by Gasteiger charge is -2.39. The van der Waals surface area contributed by atoms with Crippen molar-refractivity contribution in [3.8, 4) is 11.8 Å². The number of benzene rings is 1. The number of carbonyl (C=O) groups is 1. The highest BCUT2D eigenvalue weighted by Gasteiger charge is 2.43. The van der Waals surface area contributed by atoms with Gasteiger partial charge < -0.3 is 9.84 Å². The number of aliphatic carboxylic acids is 1. The second-order valence-electron chi connectivity index (χ2n) is 6.74. The molecule has 26 heavy (non-hydrogen) atoms. The molecule has 1 N–H and O–H groups in total. The minimum atomic E-state index is -0.765. The fourth-order valence-corrected chi connectivity index (χ4v) is 3.51. The van der Waals surface area contributed by atoms with Crippen molar-refractivity contribution in [2.75, 3.05) is 7.11 Å². The Labute approximate surface area is 153 Å². The van der Waals surface area contributed by atoms with Crippen LogP contribution in [0.1, 0.15) is 42.1 Å². The van der Waals surface area contributed by atoms with Crippen LogP contribution in [0.5, 0.6) is 0 Å². The van der Waals surface area contributed by atoms with Gasteiger partial charge in [-0.25, -0.2) is 9.97 Å². The summed E-state index contributed by atoms with van der Waals surface area (Å²) in [7, 11) is 1.63. The average Bonchev–Trinajstić information content (AvgIpc) is 2.68. The minimum absolute atomic E-state index is 0.143. The normalized spacial score (nSPS) is 25.2. The molecule has 1 saturated carbocycles. The van der Waals surface area contributed by atoms with E-state index in [1.54, 1.807) is 19.5 Å². The summed E-state index contributed by atoms with van der Waals surface area (Å²) in [4.78, 5) is 20.2. The van der Waals surface area contributed by atoms with E-state index in [-0.39, 0.29) is 5.92 Å². The van der Waals surface area contributed by atoms with Crippen LogP contribution in [0.4, 0.5) is 0 Å². The first kappa shape index (κ1) is 18.1. The Hall–Kier alpha value is -2.71. The molecule has 2 aromatic rings. The third kappa shape index (κ3) is 3.92. The lowest BCUT2D eigenvalue weighted by molar-refractivity contribution is -0.145. The molecule has 3 rings (SSSR count). The van der Waals surface area contributed by atoms with Gasteiger partial charge in [0.1, 0.15) is 5.60 Å². The molecule has 3 atom stereocenters. The van der Waals surface area contributed by atoms with Crippen LogP contribution in [0.25, 0.3) is 0 Å². The zero-order valence-electron chi connectivity index (χ0n) is 15.0. The van der Waals surface area contributed by atoms with Crippen LogP contribution < -0.4 is 0 Å². The van der Waals surface area contributed by atoms with E-state index in [2.05, 4.69) is 21.8 Å². The maximum atomic E-state index is 11.8. The highest BCUT2D eigenvalue weighted by Crippen LogP contribution is 2.44. The molecule has 0 bridgehead atoms. The number of carboxylic acids is 1. The predicted octanol–water partition coefficient (Wildman–Crippen LogP) is 3.19. The van der Waals surface area contributed by atoms with Gasteiger partial charge in [-0.1, -0.05) is 36.3 Å². The van der Waals surface area contributed by atoms with Gasteiger partial charge in [0, 0.05) is 25.4 Å². The van der Waals surface area contributed by atoms with Crippen molar-refractivity contribution in [3.05, 3.63) is 59.7 Å². The van der Waals surface area contributed by atoms with Gasteiger partial charge >= 0.3 is 5.97 Å². The number of hydrogen-bond donors (Lipinski definition) is 1. The average molecular weight is 350 g/mol. The van der Waals surface area contributed by atoms with Gasteiger partial charge in [-0.05, 0) is 43.2 Å². The molecule has 134 valence electrons. The molecule has 0 aliphatic heterocycles. The summed E-state index contributed by atoms with van der Waals surface area (Å²) >= 11 is 0. The second-order valence-corrected chi connectivity index (χ2v) is 6.74. The van der Waals surface area contributed by atoms with E-state index < -0.39 is 17.5 Å². The van der Waals surface area contributed by atoms with Gasteiger partial charge in [0.15, 0.2) is 0 Å². The van der Waals surface area contributed by atoms with Gasteiger partial charge in [0.25, 0.3) is 0 Å². The molecule has 5 nitrogen and oxygen atoms in total. The molecule has 1 aliphatic carbocycles. The first-order valence-corrected chi connectivity index (χ1v) is 8.68. The summed E-state index contributed by atoms with van der Waals surface area (Å²) in [6.07, 6.45) is 5.08. The zero-order valence-corrected chi connectivity index (χ0v) is 15.0. The lowest BCUT2D eigenvalue weighted by Crippen LogP contribution is -2.41. The molecular weight excluding hydrogens is 328 g/mol. The Balaban J connectivity index is 1.91. The van der Waals surface area contributed by atoms with Crippen molar-refractivity contribution in [2.45, 2.75) is 37.7 Å². The Morgan fingerprint density at radius 3 is 2.58 bits per heavy atom. The molecule has 0 radical (unpaired) electrons. The van der Waals surface area contributed by atoms with E-state index in [1.165, 1.54) is 0 Å². The number of methoxy groups -OCH3 is 1. The van der Waals surface area contributed by atoms with Crippen molar-refractivity contribution < 1.29 is 14.6 Å². The maximum Gasteiger partial charge on any atom is 0.307 e. The zero-order chi connectivity index (χ0) is 18.6. The van der Waals surface area contributed by atoms with Gasteiger partial charge in [0.2, 0.25) is 5.82 Å². The Kier molecular flexibility index (Phi) is 5.34. The third-order valence-corrected chi connectivity index (χ3v) is 5.01. The first-order valence-electron chi connectivity index (χ1n) is 8.68. The number of nitrogens with zero attached hydrogens (tertiary/aromatic N) is 2. The van der Waals surface area contributed by atoms with Crippen LogP contribution in [0.3, 0.4) is 0 Å². The Bertz CT molecular complexity index is 824. The number of hydrogen-bond acceptors (Lipinski definition) is 4. The maximum absolute atomic E-state index is 11.8. The molecule has 1 aromatic carbocycles. The second kappa shape index (κ2) is 7.67. The molecule has 0 spiro atoms. The molecule has 1 heterocycles. The van der Waals surface area contributed by atoms with Crippen LogP contribution in [-0.4, -0.2) is 33.8 Å². The fourth-order valence-electron chi connectivity index (χ4n) is 3.51. The van der Waals surface area contributed by atoms with Gasteiger partial charge in [0.05, 0.1) is 5.92 Å². The van der Waals surface area contributed by atoms with E-state index >= 15 is 0 Å². The quantitative estimate of drug-likeness (QED) is 0.861. The largest absolute Gasteiger partial charge is 0.481 e. The minimum Gasteiger partial charge on any atom is -0.481 e. The van der Waals surface area contributed by atoms with E-state index in [0.717, 1.165) is 11.1 Å². The monoisotopic (exact) mass is 350 g/mol. The standard InChI is InChI=1S/C21H22N2O3/c1-15-13-22-19(23-14-15)9-11-21(26-2)10-8-17(20(24)25)18(12-21)16-6-4-3-5-7-16/h3-7,13-14,17-18H,8,10,12H2,1-2H3,(H,24,25)/t17-,18+,21?/m1/s1. The van der Waals surface area contributed by atoms with E-state index in [4.69, 9.17) is 4.74 Å². The van der Waals surface area contributed by atoms with Crippen molar-refractivity contribution in [3.63, 3.8) is 0 Å². The molecule has 0 saturated heterocycles. The lowest BCUT2D eigenvalue weighted by atomic mass is 9.69. The fraction of sp³-hybridized carbons (Fsp3) is 0.381. The van der Waals surface area contributed by atoms with Crippen molar-refractivity contribution in [1.82, 2.24) is 9.97 Å². The predicted molar refractivity (Wildman–Crippen MR) is 97.5 cm³/mol. The Morgan fingerprint density at radius 1 is 1.27 bits per heavy atom. The van der Waals surface area contributed by atoms with E-state index in [1.807, 2.05) is 37.3 Å². The SMILES string of the molecule is COC1(C#Cc2ncc(C)cn2)CC[C@@H](C(=O)O)[C@H](c2ccccc2)C1. The van der Waals surface area contributed by atoms with Crippen LogP contribution in [-0.2, 0) is 9.53 Å². The van der Waals surface area contributed by atoms with Crippen molar-refractivity contribution in [2.24, 2.45) is 5.92 Å². The van der Waals surface area contributed by atoms with Crippen LogP contribution in [0, 0.1) is 24.7 Å². The molecule has 1 fully saturated rings. The van der Waals surface area contributed by atoms with E-state index in [0.29, 0.717) is 25.1 Å². The smallest absolute Gasteiger partial charge is 0.307 e. The summed E-state index contributed by atoms with van der Waals surface area (Å²) in [6, 6.07) is 9.75. The topological polar surface area (TPSA) is 72.3 Å². The number of ether oxygens (including phenoxy) is 1. The summed E-state index contributed by atoms with van der Waals surface area (Å²) in [5, 5.41) is 9.65. The highest BCUT2D eigenvalue weighted by atomic mass is 16.5. The van der Waals surface area contributed by atoms with Crippen LogP contribution in [0.2, 0.25) is 0 Å². The number of rotatable bonds is 3. The molecule has 5 heteroatoms. The highest BCUT2D eigenvalue weighted by molar-refractivity contribution is 5.71. The summed E-state index contributed by atoms with van der Waals surface area (Å²) in [6.45, 7) is 1.92. The van der Waals surface area contributed by atoms with Crippen molar-refractivity contribution in [1.29, 1.82) is 0 Å². The molecule has 1 aliphatic rings. The Morgan fingerprint density at radius 2 is 1.96 bits per heavy atom. The van der Waals surface area contributed by atoms with Crippen LogP contribution in [0.15, 0.2) is 42.7 Å². The van der Waals surface area contributed by atoms with Gasteiger partial charge in [-0.15, -0.1) is 0 Å². The van der Waals surface area contributed by atoms with Crippen molar-refractivity contribution >= 4 is 5.97 Å². The summed E-state index contributed by atoms with van der Waals surface area (Å²) in [5.41, 5.74) is 1.29. The molecule has 1 aromatic heterocycles. The number of aromatic nitrogens is 2. The summed E-state index contributed by atoms with van der Waals surface area (Å²) < 4.78 is 5.78. The number of carboxylic acid groups (broad SMARTS) is 1. The molecule has 1 unspecified atom stereocenters. The third-order valence-electron chi connectivity index (χ3n) is 5.01. The van der Waals surface area contributed by atoms with Gasteiger partial charge in [-0.2, -0.15) is 0 Å². The van der Waals surface area contributed by atoms with E-state index in [9.17, 15) is 9.90 Å². The number of aryl methyl sites for hydroxylation is 1. The first-order chi connectivity index (χ1) is 12.5. The van der Waals surface area contributed by atoms with Gasteiger partial charge in [-0.3, -0.25) is 4.79 Å². The molecular formula is C21H22N2O3. The van der Waals surface area contributed by atoms with Crippen LogP contribution >= 0.6 is 0 Å².